The zero-order valence-corrected chi connectivity index (χ0v) is 15.3. The summed E-state index contributed by atoms with van der Waals surface area (Å²) in [5.41, 5.74) is 2.16. The molecule has 5 heteroatoms. The van der Waals surface area contributed by atoms with Crippen molar-refractivity contribution >= 4 is 11.6 Å². The Labute approximate surface area is 158 Å². The lowest BCUT2D eigenvalue weighted by Gasteiger charge is -2.11. The van der Waals surface area contributed by atoms with E-state index in [1.54, 1.807) is 37.4 Å². The Morgan fingerprint density at radius 2 is 1.56 bits per heavy atom. The average Bonchev–Trinajstić information content (AvgIpc) is 2.73. The van der Waals surface area contributed by atoms with E-state index in [4.69, 9.17) is 14.2 Å². The molecule has 0 saturated heterocycles. The number of nitrogens with one attached hydrogen (secondary N) is 1. The maximum Gasteiger partial charge on any atom is 0.259 e. The van der Waals surface area contributed by atoms with Crippen LogP contribution in [0.5, 0.6) is 17.2 Å². The van der Waals surface area contributed by atoms with Gasteiger partial charge in [0.25, 0.3) is 5.91 Å². The third-order valence-electron chi connectivity index (χ3n) is 4.01. The van der Waals surface area contributed by atoms with Crippen molar-refractivity contribution in [2.75, 3.05) is 19.5 Å². The van der Waals surface area contributed by atoms with Crippen molar-refractivity contribution in [3.05, 3.63) is 83.9 Å². The lowest BCUT2D eigenvalue weighted by atomic mass is 10.1. The molecule has 5 nitrogen and oxygen atoms in total. The van der Waals surface area contributed by atoms with Crippen LogP contribution in [-0.2, 0) is 6.61 Å². The van der Waals surface area contributed by atoms with Crippen LogP contribution >= 0.6 is 0 Å². The molecule has 1 amide bonds. The first-order chi connectivity index (χ1) is 13.2. The van der Waals surface area contributed by atoms with Gasteiger partial charge in [-0.3, -0.25) is 4.79 Å². The molecule has 3 rings (SSSR count). The summed E-state index contributed by atoms with van der Waals surface area (Å²) in [5, 5.41) is 2.86. The van der Waals surface area contributed by atoms with Crippen LogP contribution in [0, 0.1) is 0 Å². The van der Waals surface area contributed by atoms with Gasteiger partial charge in [-0.05, 0) is 48.0 Å². The topological polar surface area (TPSA) is 56.8 Å². The molecule has 27 heavy (non-hydrogen) atoms. The zero-order valence-electron chi connectivity index (χ0n) is 15.3. The van der Waals surface area contributed by atoms with E-state index in [1.165, 1.54) is 7.11 Å². The molecule has 0 aromatic heterocycles. The number of carbonyl (C=O) groups excluding carboxylic acids is 1. The fraction of sp³-hybridized carbons (Fsp3) is 0.136. The number of ether oxygens (including phenoxy) is 3. The molecule has 0 aliphatic carbocycles. The standard InChI is InChI=1S/C22H21NO4/c1-25-19-12-13-21(26-2)20(14-19)22(24)23-17-8-10-18(11-9-17)27-15-16-6-4-3-5-7-16/h3-14H,15H2,1-2H3,(H,23,24). The third kappa shape index (κ3) is 4.79. The zero-order chi connectivity index (χ0) is 19.1. The molecule has 0 heterocycles. The normalized spacial score (nSPS) is 10.1. The second kappa shape index (κ2) is 8.76. The molecular formula is C22H21NO4. The Hall–Kier alpha value is -3.47. The van der Waals surface area contributed by atoms with Gasteiger partial charge in [-0.25, -0.2) is 0 Å². The van der Waals surface area contributed by atoms with E-state index in [0.29, 0.717) is 29.4 Å². The van der Waals surface area contributed by atoms with Crippen molar-refractivity contribution in [1.29, 1.82) is 0 Å². The molecule has 138 valence electrons. The highest BCUT2D eigenvalue weighted by Gasteiger charge is 2.14. The van der Waals surface area contributed by atoms with Crippen LogP contribution in [0.4, 0.5) is 5.69 Å². The van der Waals surface area contributed by atoms with Gasteiger partial charge >= 0.3 is 0 Å². The summed E-state index contributed by atoms with van der Waals surface area (Å²) >= 11 is 0. The van der Waals surface area contributed by atoms with E-state index in [9.17, 15) is 4.79 Å². The number of hydrogen-bond donors (Lipinski definition) is 1. The van der Waals surface area contributed by atoms with Gasteiger partial charge in [-0.1, -0.05) is 30.3 Å². The number of benzene rings is 3. The Morgan fingerprint density at radius 3 is 2.22 bits per heavy atom. The van der Waals surface area contributed by atoms with E-state index in [1.807, 2.05) is 42.5 Å². The largest absolute Gasteiger partial charge is 0.497 e. The second-order valence-electron chi connectivity index (χ2n) is 5.82. The number of amides is 1. The molecule has 0 fully saturated rings. The molecule has 0 aliphatic rings. The Kier molecular flexibility index (Phi) is 5.94. The van der Waals surface area contributed by atoms with Crippen LogP contribution in [0.2, 0.25) is 0 Å². The maximum atomic E-state index is 12.6. The lowest BCUT2D eigenvalue weighted by Crippen LogP contribution is -2.13. The first-order valence-corrected chi connectivity index (χ1v) is 8.50. The molecule has 0 radical (unpaired) electrons. The monoisotopic (exact) mass is 363 g/mol. The van der Waals surface area contributed by atoms with Crippen LogP contribution in [0.25, 0.3) is 0 Å². The Bertz CT molecular complexity index is 892. The van der Waals surface area contributed by atoms with Gasteiger partial charge in [0.1, 0.15) is 23.9 Å². The van der Waals surface area contributed by atoms with Crippen LogP contribution in [0.3, 0.4) is 0 Å². The predicted molar refractivity (Wildman–Crippen MR) is 105 cm³/mol. The summed E-state index contributed by atoms with van der Waals surface area (Å²) in [4.78, 5) is 12.6. The number of methoxy groups -OCH3 is 2. The molecule has 3 aromatic carbocycles. The maximum absolute atomic E-state index is 12.6. The fourth-order valence-electron chi connectivity index (χ4n) is 2.57. The van der Waals surface area contributed by atoms with Gasteiger partial charge in [-0.15, -0.1) is 0 Å². The van der Waals surface area contributed by atoms with Crippen LogP contribution in [0.1, 0.15) is 15.9 Å². The van der Waals surface area contributed by atoms with Crippen molar-refractivity contribution < 1.29 is 19.0 Å². The highest BCUT2D eigenvalue weighted by Crippen LogP contribution is 2.25. The molecule has 0 saturated carbocycles. The third-order valence-corrected chi connectivity index (χ3v) is 4.01. The number of carbonyl (C=O) groups is 1. The summed E-state index contributed by atoms with van der Waals surface area (Å²) in [5.74, 6) is 1.53. The van der Waals surface area contributed by atoms with E-state index >= 15 is 0 Å². The van der Waals surface area contributed by atoms with Gasteiger partial charge < -0.3 is 19.5 Å². The molecule has 0 atom stereocenters. The highest BCUT2D eigenvalue weighted by atomic mass is 16.5. The summed E-state index contributed by atoms with van der Waals surface area (Å²) in [6.07, 6.45) is 0. The smallest absolute Gasteiger partial charge is 0.259 e. The summed E-state index contributed by atoms with van der Waals surface area (Å²) in [6.45, 7) is 0.494. The van der Waals surface area contributed by atoms with E-state index in [0.717, 1.165) is 11.3 Å². The first-order valence-electron chi connectivity index (χ1n) is 8.50. The number of hydrogen-bond acceptors (Lipinski definition) is 4. The van der Waals surface area contributed by atoms with Gasteiger partial charge in [0, 0.05) is 5.69 Å². The number of rotatable bonds is 7. The molecule has 0 aliphatic heterocycles. The summed E-state index contributed by atoms with van der Waals surface area (Å²) in [6, 6.07) is 22.3. The van der Waals surface area contributed by atoms with E-state index in [-0.39, 0.29) is 5.91 Å². The first kappa shape index (κ1) is 18.3. The summed E-state index contributed by atoms with van der Waals surface area (Å²) < 4.78 is 16.2. The molecular weight excluding hydrogens is 342 g/mol. The quantitative estimate of drug-likeness (QED) is 0.670. The fourth-order valence-corrected chi connectivity index (χ4v) is 2.57. The van der Waals surface area contributed by atoms with Gasteiger partial charge in [0.15, 0.2) is 0 Å². The number of anilines is 1. The molecule has 1 N–H and O–H groups in total. The highest BCUT2D eigenvalue weighted by molar-refractivity contribution is 6.06. The minimum Gasteiger partial charge on any atom is -0.497 e. The minimum absolute atomic E-state index is 0.274. The Balaban J connectivity index is 1.65. The van der Waals surface area contributed by atoms with Crippen molar-refractivity contribution in [3.63, 3.8) is 0 Å². The van der Waals surface area contributed by atoms with Gasteiger partial charge in [0.2, 0.25) is 0 Å². The molecule has 0 spiro atoms. The molecule has 0 bridgehead atoms. The molecule has 3 aromatic rings. The predicted octanol–water partition coefficient (Wildman–Crippen LogP) is 4.54. The van der Waals surface area contributed by atoms with Crippen molar-refractivity contribution in [2.24, 2.45) is 0 Å². The van der Waals surface area contributed by atoms with Crippen LogP contribution < -0.4 is 19.5 Å². The van der Waals surface area contributed by atoms with Crippen molar-refractivity contribution in [3.8, 4) is 17.2 Å². The summed E-state index contributed by atoms with van der Waals surface area (Å²) in [7, 11) is 3.08. The lowest BCUT2D eigenvalue weighted by molar-refractivity contribution is 0.102. The Morgan fingerprint density at radius 1 is 0.852 bits per heavy atom. The van der Waals surface area contributed by atoms with Crippen molar-refractivity contribution in [2.45, 2.75) is 6.61 Å². The molecule has 0 unspecified atom stereocenters. The van der Waals surface area contributed by atoms with Crippen LogP contribution in [0.15, 0.2) is 72.8 Å². The van der Waals surface area contributed by atoms with E-state index in [2.05, 4.69) is 5.32 Å². The SMILES string of the molecule is COc1ccc(OC)c(C(=O)Nc2ccc(OCc3ccccc3)cc2)c1. The van der Waals surface area contributed by atoms with Gasteiger partial charge in [0.05, 0.1) is 19.8 Å². The minimum atomic E-state index is -0.274. The van der Waals surface area contributed by atoms with Crippen LogP contribution in [-0.4, -0.2) is 20.1 Å². The second-order valence-corrected chi connectivity index (χ2v) is 5.82. The average molecular weight is 363 g/mol. The van der Waals surface area contributed by atoms with Gasteiger partial charge in [-0.2, -0.15) is 0 Å². The van der Waals surface area contributed by atoms with E-state index < -0.39 is 0 Å². The van der Waals surface area contributed by atoms with Crippen molar-refractivity contribution in [1.82, 2.24) is 0 Å².